The average molecular weight is 228 g/mol. The first kappa shape index (κ1) is 11.8. The van der Waals surface area contributed by atoms with Gasteiger partial charge in [-0.2, -0.15) is 0 Å². The van der Waals surface area contributed by atoms with E-state index in [0.29, 0.717) is 23.7 Å². The van der Waals surface area contributed by atoms with Crippen molar-refractivity contribution in [2.24, 2.45) is 0 Å². The highest BCUT2D eigenvalue weighted by atomic mass is 35.5. The molecule has 2 nitrogen and oxygen atoms in total. The van der Waals surface area contributed by atoms with Gasteiger partial charge < -0.3 is 4.74 Å². The molecule has 0 unspecified atom stereocenters. The van der Waals surface area contributed by atoms with Crippen LogP contribution in [0.5, 0.6) is 5.88 Å². The van der Waals surface area contributed by atoms with E-state index in [2.05, 4.69) is 16.8 Å². The fraction of sp³-hybridized carbons (Fsp3) is 0.364. The predicted molar refractivity (Wildman–Crippen MR) is 57.6 cm³/mol. The van der Waals surface area contributed by atoms with Gasteiger partial charge in [0.25, 0.3) is 0 Å². The SMILES string of the molecule is COc1cc(C#CCCCCl)c(F)cn1. The van der Waals surface area contributed by atoms with Crippen molar-refractivity contribution < 1.29 is 9.13 Å². The van der Waals surface area contributed by atoms with E-state index < -0.39 is 5.82 Å². The monoisotopic (exact) mass is 227 g/mol. The first-order chi connectivity index (χ1) is 7.27. The smallest absolute Gasteiger partial charge is 0.214 e. The maximum Gasteiger partial charge on any atom is 0.214 e. The minimum Gasteiger partial charge on any atom is -0.481 e. The van der Waals surface area contributed by atoms with Gasteiger partial charge in [0.2, 0.25) is 5.88 Å². The van der Waals surface area contributed by atoms with Crippen LogP contribution in [-0.2, 0) is 0 Å². The van der Waals surface area contributed by atoms with Crippen molar-refractivity contribution in [2.45, 2.75) is 12.8 Å². The Hall–Kier alpha value is -1.27. The quantitative estimate of drug-likeness (QED) is 0.450. The number of methoxy groups -OCH3 is 1. The van der Waals surface area contributed by atoms with Gasteiger partial charge in [-0.05, 0) is 6.42 Å². The van der Waals surface area contributed by atoms with Gasteiger partial charge in [-0.1, -0.05) is 11.8 Å². The Morgan fingerprint density at radius 2 is 2.40 bits per heavy atom. The highest BCUT2D eigenvalue weighted by Crippen LogP contribution is 2.11. The number of nitrogens with zero attached hydrogens (tertiary/aromatic N) is 1. The number of unbranched alkanes of at least 4 members (excludes halogenated alkanes) is 1. The topological polar surface area (TPSA) is 22.1 Å². The van der Waals surface area contributed by atoms with Crippen LogP contribution in [0.3, 0.4) is 0 Å². The lowest BCUT2D eigenvalue weighted by atomic mass is 10.2. The van der Waals surface area contributed by atoms with Crippen molar-refractivity contribution in [1.82, 2.24) is 4.98 Å². The van der Waals surface area contributed by atoms with Crippen molar-refractivity contribution in [3.05, 3.63) is 23.6 Å². The minimum absolute atomic E-state index is 0.302. The highest BCUT2D eigenvalue weighted by molar-refractivity contribution is 6.17. The fourth-order valence-electron chi connectivity index (χ4n) is 0.940. The van der Waals surface area contributed by atoms with E-state index in [0.717, 1.165) is 12.6 Å². The summed E-state index contributed by atoms with van der Waals surface area (Å²) in [7, 11) is 1.48. The third kappa shape index (κ3) is 3.77. The zero-order valence-corrected chi connectivity index (χ0v) is 9.14. The molecule has 1 aromatic rings. The van der Waals surface area contributed by atoms with Crippen LogP contribution in [0.25, 0.3) is 0 Å². The molecule has 80 valence electrons. The molecule has 0 N–H and O–H groups in total. The third-order valence-corrected chi connectivity index (χ3v) is 1.97. The van der Waals surface area contributed by atoms with Crippen LogP contribution in [0.15, 0.2) is 12.3 Å². The number of rotatable bonds is 3. The van der Waals surface area contributed by atoms with Crippen molar-refractivity contribution >= 4 is 11.6 Å². The second-order valence-electron chi connectivity index (χ2n) is 2.80. The Morgan fingerprint density at radius 1 is 1.60 bits per heavy atom. The van der Waals surface area contributed by atoms with E-state index in [9.17, 15) is 4.39 Å². The Bertz CT molecular complexity index is 384. The summed E-state index contributed by atoms with van der Waals surface area (Å²) >= 11 is 5.49. The van der Waals surface area contributed by atoms with Crippen molar-refractivity contribution in [3.8, 4) is 17.7 Å². The van der Waals surface area contributed by atoms with Gasteiger partial charge in [0.05, 0.1) is 18.9 Å². The van der Waals surface area contributed by atoms with Gasteiger partial charge in [0, 0.05) is 18.4 Å². The second-order valence-corrected chi connectivity index (χ2v) is 3.18. The van der Waals surface area contributed by atoms with Gasteiger partial charge in [-0.3, -0.25) is 0 Å². The summed E-state index contributed by atoms with van der Waals surface area (Å²) in [6.07, 6.45) is 2.57. The number of pyridine rings is 1. The third-order valence-electron chi connectivity index (χ3n) is 1.70. The molecular weight excluding hydrogens is 217 g/mol. The van der Waals surface area contributed by atoms with E-state index >= 15 is 0 Å². The average Bonchev–Trinajstić information content (AvgIpc) is 2.26. The van der Waals surface area contributed by atoms with Crippen LogP contribution in [0, 0.1) is 17.7 Å². The van der Waals surface area contributed by atoms with Crippen LogP contribution in [0.4, 0.5) is 4.39 Å². The molecule has 0 radical (unpaired) electrons. The first-order valence-corrected chi connectivity index (χ1v) is 5.05. The summed E-state index contributed by atoms with van der Waals surface area (Å²) in [4.78, 5) is 3.72. The van der Waals surface area contributed by atoms with Crippen molar-refractivity contribution in [2.75, 3.05) is 13.0 Å². The summed E-state index contributed by atoms with van der Waals surface area (Å²) in [5.74, 6) is 6.05. The molecule has 0 bridgehead atoms. The number of hydrogen-bond acceptors (Lipinski definition) is 2. The summed E-state index contributed by atoms with van der Waals surface area (Å²) < 4.78 is 18.0. The van der Waals surface area contributed by atoms with Gasteiger partial charge in [0.1, 0.15) is 0 Å². The van der Waals surface area contributed by atoms with Crippen LogP contribution < -0.4 is 4.74 Å². The Labute approximate surface area is 93.4 Å². The molecule has 0 aromatic carbocycles. The van der Waals surface area contributed by atoms with Gasteiger partial charge in [0.15, 0.2) is 5.82 Å². The summed E-state index contributed by atoms with van der Waals surface area (Å²) in [6, 6.07) is 1.48. The molecular formula is C11H11ClFNO. The summed E-state index contributed by atoms with van der Waals surface area (Å²) in [5.41, 5.74) is 0.302. The Balaban J connectivity index is 2.77. The standard InChI is InChI=1S/C11H11ClFNO/c1-15-11-7-9(10(13)8-14-11)5-3-2-4-6-12/h7-8H,2,4,6H2,1H3. The van der Waals surface area contributed by atoms with Gasteiger partial charge >= 0.3 is 0 Å². The van der Waals surface area contributed by atoms with E-state index in [1.54, 1.807) is 0 Å². The molecule has 0 saturated heterocycles. The normalized spacial score (nSPS) is 9.27. The lowest BCUT2D eigenvalue weighted by Crippen LogP contribution is -1.91. The maximum atomic E-state index is 13.2. The molecule has 0 aliphatic carbocycles. The lowest BCUT2D eigenvalue weighted by Gasteiger charge is -1.98. The van der Waals surface area contributed by atoms with E-state index in [-0.39, 0.29) is 0 Å². The van der Waals surface area contributed by atoms with E-state index in [4.69, 9.17) is 16.3 Å². The van der Waals surface area contributed by atoms with E-state index in [1.807, 2.05) is 0 Å². The highest BCUT2D eigenvalue weighted by Gasteiger charge is 2.01. The Kier molecular flexibility index (Phi) is 4.92. The van der Waals surface area contributed by atoms with Gasteiger partial charge in [-0.25, -0.2) is 9.37 Å². The number of aromatic nitrogens is 1. The van der Waals surface area contributed by atoms with Gasteiger partial charge in [-0.15, -0.1) is 11.6 Å². The summed E-state index contributed by atoms with van der Waals surface area (Å²) in [5, 5.41) is 0. The maximum absolute atomic E-state index is 13.2. The van der Waals surface area contributed by atoms with Crippen LogP contribution in [-0.4, -0.2) is 18.0 Å². The van der Waals surface area contributed by atoms with Crippen molar-refractivity contribution in [3.63, 3.8) is 0 Å². The predicted octanol–water partition coefficient (Wildman–Crippen LogP) is 2.60. The first-order valence-electron chi connectivity index (χ1n) is 4.52. The molecule has 1 aromatic heterocycles. The van der Waals surface area contributed by atoms with E-state index in [1.165, 1.54) is 13.2 Å². The second kappa shape index (κ2) is 6.26. The van der Waals surface area contributed by atoms with Crippen LogP contribution in [0.1, 0.15) is 18.4 Å². The molecule has 4 heteroatoms. The number of alkyl halides is 1. The molecule has 0 atom stereocenters. The van der Waals surface area contributed by atoms with Crippen LogP contribution >= 0.6 is 11.6 Å². The molecule has 0 spiro atoms. The Morgan fingerprint density at radius 3 is 3.07 bits per heavy atom. The molecule has 0 saturated carbocycles. The number of halogens is 2. The zero-order chi connectivity index (χ0) is 11.1. The number of ether oxygens (including phenoxy) is 1. The minimum atomic E-state index is -0.436. The zero-order valence-electron chi connectivity index (χ0n) is 8.39. The number of hydrogen-bond donors (Lipinski definition) is 0. The molecule has 0 aliphatic rings. The fourth-order valence-corrected chi connectivity index (χ4v) is 1.07. The lowest BCUT2D eigenvalue weighted by molar-refractivity contribution is 0.395. The van der Waals surface area contributed by atoms with Crippen molar-refractivity contribution in [1.29, 1.82) is 0 Å². The van der Waals surface area contributed by atoms with Crippen LogP contribution in [0.2, 0.25) is 0 Å². The molecule has 0 fully saturated rings. The largest absolute Gasteiger partial charge is 0.481 e. The molecule has 1 heterocycles. The summed E-state index contributed by atoms with van der Waals surface area (Å²) in [6.45, 7) is 0. The molecule has 15 heavy (non-hydrogen) atoms. The molecule has 0 amide bonds. The molecule has 1 rings (SSSR count). The molecule has 0 aliphatic heterocycles.